The number of hydrogen-bond donors (Lipinski definition) is 1. The van der Waals surface area contributed by atoms with Crippen molar-refractivity contribution in [2.24, 2.45) is 0 Å². The van der Waals surface area contributed by atoms with E-state index in [4.69, 9.17) is 21.1 Å². The predicted molar refractivity (Wildman–Crippen MR) is 74.6 cm³/mol. The summed E-state index contributed by atoms with van der Waals surface area (Å²) < 4.78 is 5.19. The molecule has 0 atom stereocenters. The molecule has 0 amide bonds. The van der Waals surface area contributed by atoms with E-state index in [1.807, 2.05) is 6.92 Å². The molecule has 0 unspecified atom stereocenters. The number of aromatic nitrogens is 1. The van der Waals surface area contributed by atoms with Gasteiger partial charge in [0.15, 0.2) is 0 Å². The lowest BCUT2D eigenvalue weighted by molar-refractivity contribution is -0.384. The normalized spacial score (nSPS) is 10.6. The summed E-state index contributed by atoms with van der Waals surface area (Å²) in [7, 11) is 0. The van der Waals surface area contributed by atoms with Crippen LogP contribution in [0.3, 0.4) is 0 Å². The number of oxazole rings is 1. The first kappa shape index (κ1) is 15.0. The zero-order valence-electron chi connectivity index (χ0n) is 11.0. The van der Waals surface area contributed by atoms with Crippen LogP contribution in [0.1, 0.15) is 29.6 Å². The van der Waals surface area contributed by atoms with Gasteiger partial charge in [0, 0.05) is 6.07 Å². The van der Waals surface area contributed by atoms with Crippen molar-refractivity contribution >= 4 is 23.3 Å². The minimum atomic E-state index is -1.27. The summed E-state index contributed by atoms with van der Waals surface area (Å²) in [6.07, 6.45) is 1.06. The van der Waals surface area contributed by atoms with E-state index < -0.39 is 10.9 Å². The second-order valence-electron chi connectivity index (χ2n) is 4.24. The molecule has 0 saturated carbocycles. The first-order valence-electron chi connectivity index (χ1n) is 6.12. The van der Waals surface area contributed by atoms with Gasteiger partial charge < -0.3 is 9.52 Å². The van der Waals surface area contributed by atoms with Gasteiger partial charge in [-0.15, -0.1) is 0 Å². The Kier molecular flexibility index (Phi) is 4.23. The first-order chi connectivity index (χ1) is 9.95. The molecule has 1 aromatic heterocycles. The van der Waals surface area contributed by atoms with Crippen LogP contribution in [0.4, 0.5) is 5.69 Å². The molecule has 0 aliphatic carbocycles. The van der Waals surface area contributed by atoms with Crippen molar-refractivity contribution in [2.75, 3.05) is 0 Å². The fourth-order valence-corrected chi connectivity index (χ4v) is 2.16. The average Bonchev–Trinajstić information content (AvgIpc) is 2.82. The fraction of sp³-hybridized carbons (Fsp3) is 0.231. The molecule has 7 nitrogen and oxygen atoms in total. The molecule has 2 rings (SSSR count). The van der Waals surface area contributed by atoms with Gasteiger partial charge in [-0.3, -0.25) is 10.1 Å². The van der Waals surface area contributed by atoms with Crippen LogP contribution >= 0.6 is 11.6 Å². The number of carbonyl (C=O) groups is 1. The van der Waals surface area contributed by atoms with E-state index >= 15 is 0 Å². The molecule has 1 heterocycles. The monoisotopic (exact) mass is 310 g/mol. The van der Waals surface area contributed by atoms with E-state index in [2.05, 4.69) is 4.98 Å². The van der Waals surface area contributed by atoms with Gasteiger partial charge in [0.05, 0.1) is 15.6 Å². The molecular weight excluding hydrogens is 300 g/mol. The summed E-state index contributed by atoms with van der Waals surface area (Å²) in [5.74, 6) is -1.75. The van der Waals surface area contributed by atoms with Gasteiger partial charge in [-0.2, -0.15) is 0 Å². The van der Waals surface area contributed by atoms with E-state index in [1.54, 1.807) is 0 Å². The number of nitrogens with zero attached hydrogens (tertiary/aromatic N) is 2. The number of aryl methyl sites for hydroxylation is 1. The van der Waals surface area contributed by atoms with E-state index in [9.17, 15) is 14.9 Å². The Morgan fingerprint density at radius 1 is 1.52 bits per heavy atom. The van der Waals surface area contributed by atoms with Crippen molar-refractivity contribution in [3.05, 3.63) is 44.8 Å². The minimum absolute atomic E-state index is 0.0194. The highest BCUT2D eigenvalue weighted by atomic mass is 35.5. The van der Waals surface area contributed by atoms with Crippen molar-refractivity contribution < 1.29 is 19.2 Å². The van der Waals surface area contributed by atoms with Gasteiger partial charge in [-0.1, -0.05) is 31.0 Å². The predicted octanol–water partition coefficient (Wildman–Crippen LogP) is 3.55. The number of benzene rings is 1. The highest BCUT2D eigenvalue weighted by molar-refractivity contribution is 6.33. The molecule has 0 spiro atoms. The minimum Gasteiger partial charge on any atom is -0.475 e. The summed E-state index contributed by atoms with van der Waals surface area (Å²) in [6, 6.07) is 4.14. The molecule has 2 aromatic rings. The summed E-state index contributed by atoms with van der Waals surface area (Å²) in [6.45, 7) is 1.86. The van der Waals surface area contributed by atoms with Gasteiger partial charge in [0.1, 0.15) is 5.56 Å². The molecule has 21 heavy (non-hydrogen) atoms. The van der Waals surface area contributed by atoms with Gasteiger partial charge in [0.2, 0.25) is 11.7 Å². The smallest absolute Gasteiger partial charge is 0.373 e. The van der Waals surface area contributed by atoms with E-state index in [0.29, 0.717) is 12.8 Å². The Hall–Kier alpha value is -2.41. The van der Waals surface area contributed by atoms with Crippen LogP contribution in [0.15, 0.2) is 22.6 Å². The molecule has 110 valence electrons. The molecule has 1 aromatic carbocycles. The maximum Gasteiger partial charge on any atom is 0.373 e. The van der Waals surface area contributed by atoms with Gasteiger partial charge in [0.25, 0.3) is 5.69 Å². The standard InChI is InChI=1S/C13H11ClN2O5/c1-2-4-8-11(13(17)18)21-12(15-8)10-7(14)5-3-6-9(10)16(19)20/h3,5-6H,2,4H2,1H3,(H,17,18). The number of halogens is 1. The fourth-order valence-electron chi connectivity index (χ4n) is 1.91. The van der Waals surface area contributed by atoms with E-state index in [1.165, 1.54) is 18.2 Å². The molecule has 0 saturated heterocycles. The highest BCUT2D eigenvalue weighted by Gasteiger charge is 2.26. The van der Waals surface area contributed by atoms with Crippen LogP contribution < -0.4 is 0 Å². The summed E-state index contributed by atoms with van der Waals surface area (Å²) in [5, 5.41) is 20.2. The van der Waals surface area contributed by atoms with Crippen LogP contribution in [0, 0.1) is 10.1 Å². The summed E-state index contributed by atoms with van der Waals surface area (Å²) >= 11 is 5.97. The quantitative estimate of drug-likeness (QED) is 0.668. The van der Waals surface area contributed by atoms with E-state index in [0.717, 1.165) is 0 Å². The van der Waals surface area contributed by atoms with Gasteiger partial charge in [-0.25, -0.2) is 9.78 Å². The second-order valence-corrected chi connectivity index (χ2v) is 4.65. The van der Waals surface area contributed by atoms with Crippen molar-refractivity contribution in [1.29, 1.82) is 0 Å². The summed E-state index contributed by atoms with van der Waals surface area (Å²) in [4.78, 5) is 25.6. The zero-order chi connectivity index (χ0) is 15.6. The Morgan fingerprint density at radius 3 is 2.81 bits per heavy atom. The van der Waals surface area contributed by atoms with Crippen LogP contribution in [-0.2, 0) is 6.42 Å². The number of nitro groups is 1. The molecule has 1 N–H and O–H groups in total. The Morgan fingerprint density at radius 2 is 2.24 bits per heavy atom. The molecule has 0 aliphatic heterocycles. The van der Waals surface area contributed by atoms with Crippen molar-refractivity contribution in [2.45, 2.75) is 19.8 Å². The third-order valence-electron chi connectivity index (χ3n) is 2.78. The molecule has 8 heteroatoms. The van der Waals surface area contributed by atoms with Crippen molar-refractivity contribution in [1.82, 2.24) is 4.98 Å². The Balaban J connectivity index is 2.65. The Labute approximate surface area is 124 Å². The van der Waals surface area contributed by atoms with Crippen molar-refractivity contribution in [3.8, 4) is 11.5 Å². The molecule has 0 fully saturated rings. The molecular formula is C13H11ClN2O5. The van der Waals surface area contributed by atoms with E-state index in [-0.39, 0.29) is 33.6 Å². The van der Waals surface area contributed by atoms with Crippen LogP contribution in [0.2, 0.25) is 5.02 Å². The number of nitro benzene ring substituents is 1. The molecule has 0 aliphatic rings. The number of rotatable bonds is 5. The lowest BCUT2D eigenvalue weighted by Crippen LogP contribution is -1.99. The highest BCUT2D eigenvalue weighted by Crippen LogP contribution is 2.36. The average molecular weight is 311 g/mol. The zero-order valence-corrected chi connectivity index (χ0v) is 11.8. The Bertz CT molecular complexity index is 711. The maximum atomic E-state index is 11.1. The molecule has 0 bridgehead atoms. The van der Waals surface area contributed by atoms with Gasteiger partial charge in [-0.05, 0) is 12.5 Å². The topological polar surface area (TPSA) is 106 Å². The van der Waals surface area contributed by atoms with Gasteiger partial charge >= 0.3 is 5.97 Å². The number of hydrogen-bond acceptors (Lipinski definition) is 5. The third kappa shape index (κ3) is 2.87. The third-order valence-corrected chi connectivity index (χ3v) is 3.10. The number of carboxylic acid groups (broad SMARTS) is 1. The summed E-state index contributed by atoms with van der Waals surface area (Å²) in [5.41, 5.74) is -0.0630. The van der Waals surface area contributed by atoms with Crippen molar-refractivity contribution in [3.63, 3.8) is 0 Å². The first-order valence-corrected chi connectivity index (χ1v) is 6.49. The van der Waals surface area contributed by atoms with Crippen LogP contribution in [0.25, 0.3) is 11.5 Å². The largest absolute Gasteiger partial charge is 0.475 e. The maximum absolute atomic E-state index is 11.1. The number of aromatic carboxylic acids is 1. The SMILES string of the molecule is CCCc1nc(-c2c(Cl)cccc2[N+](=O)[O-])oc1C(=O)O. The second kappa shape index (κ2) is 5.92. The molecule has 0 radical (unpaired) electrons. The van der Waals surface area contributed by atoms with Crippen LogP contribution in [-0.4, -0.2) is 21.0 Å². The lowest BCUT2D eigenvalue weighted by atomic mass is 10.2. The van der Waals surface area contributed by atoms with Crippen LogP contribution in [0.5, 0.6) is 0 Å². The lowest BCUT2D eigenvalue weighted by Gasteiger charge is -2.00. The number of carboxylic acids is 1.